The molecule has 3 heterocycles. The average molecular weight is 442 g/mol. The third-order valence-corrected chi connectivity index (χ3v) is 6.11. The zero-order chi connectivity index (χ0) is 22.2. The molecule has 2 aromatic rings. The Kier molecular flexibility index (Phi) is 5.79. The van der Waals surface area contributed by atoms with Crippen molar-refractivity contribution in [3.63, 3.8) is 0 Å². The van der Waals surface area contributed by atoms with Crippen molar-refractivity contribution >= 4 is 29.2 Å². The van der Waals surface area contributed by atoms with E-state index in [-0.39, 0.29) is 12.5 Å². The van der Waals surface area contributed by atoms with Crippen LogP contribution in [0.4, 0.5) is 5.69 Å². The van der Waals surface area contributed by atoms with E-state index in [1.807, 2.05) is 39.0 Å². The number of hydrogen-bond donors (Lipinski definition) is 0. The quantitative estimate of drug-likeness (QED) is 0.531. The van der Waals surface area contributed by atoms with Crippen molar-refractivity contribution in [2.75, 3.05) is 24.5 Å². The maximum Gasteiger partial charge on any atom is 0.326 e. The van der Waals surface area contributed by atoms with Crippen molar-refractivity contribution < 1.29 is 14.3 Å². The fraction of sp³-hybridized carbons (Fsp3) is 0.458. The summed E-state index contributed by atoms with van der Waals surface area (Å²) in [6.45, 7) is 7.72. The molecule has 2 aliphatic heterocycles. The van der Waals surface area contributed by atoms with Gasteiger partial charge < -0.3 is 4.74 Å². The number of rotatable bonds is 4. The van der Waals surface area contributed by atoms with Crippen LogP contribution in [-0.2, 0) is 26.3 Å². The number of piperidine rings is 1. The predicted molar refractivity (Wildman–Crippen MR) is 120 cm³/mol. The lowest BCUT2D eigenvalue weighted by molar-refractivity contribution is -0.153. The van der Waals surface area contributed by atoms with E-state index in [0.717, 1.165) is 19.6 Å². The number of amides is 1. The first kappa shape index (κ1) is 21.8. The second-order valence-electron chi connectivity index (χ2n) is 9.32. The lowest BCUT2D eigenvalue weighted by atomic mass is 9.76. The topological polar surface area (TPSA) is 62.7 Å². The van der Waals surface area contributed by atoms with Crippen molar-refractivity contribution in [3.8, 4) is 0 Å². The van der Waals surface area contributed by atoms with E-state index in [0.29, 0.717) is 29.4 Å². The number of hydrogen-bond acceptors (Lipinski definition) is 5. The first-order valence-corrected chi connectivity index (χ1v) is 11.0. The molecule has 0 N–H and O–H groups in total. The zero-order valence-electron chi connectivity index (χ0n) is 18.2. The standard InChI is InChI=1S/C24H28ClN3O3/c1-23(2,3)31-20(29)16-28-18-9-10-19(25)26-21(18)24(22(28)30)11-13-27(14-12-24)15-17-7-5-4-6-8-17/h4-10H,11-16H2,1-3H3. The van der Waals surface area contributed by atoms with Crippen molar-refractivity contribution in [1.29, 1.82) is 0 Å². The summed E-state index contributed by atoms with van der Waals surface area (Å²) in [5.41, 5.74) is 1.26. The molecule has 1 saturated heterocycles. The molecular weight excluding hydrogens is 414 g/mol. The van der Waals surface area contributed by atoms with Crippen molar-refractivity contribution in [2.45, 2.75) is 51.2 Å². The lowest BCUT2D eigenvalue weighted by Gasteiger charge is -2.38. The molecule has 164 valence electrons. The van der Waals surface area contributed by atoms with Crippen LogP contribution in [0.1, 0.15) is 44.9 Å². The Bertz CT molecular complexity index is 979. The number of carbonyl (C=O) groups excluding carboxylic acids is 2. The number of fused-ring (bicyclic) bond motifs is 2. The normalized spacial score (nSPS) is 18.3. The van der Waals surface area contributed by atoms with Gasteiger partial charge in [-0.1, -0.05) is 41.9 Å². The highest BCUT2D eigenvalue weighted by atomic mass is 35.5. The van der Waals surface area contributed by atoms with Crippen LogP contribution < -0.4 is 4.90 Å². The molecule has 4 rings (SSSR count). The minimum atomic E-state index is -0.741. The molecule has 1 aromatic carbocycles. The molecule has 2 aliphatic rings. The van der Waals surface area contributed by atoms with E-state index in [9.17, 15) is 9.59 Å². The Hall–Kier alpha value is -2.44. The first-order valence-electron chi connectivity index (χ1n) is 10.7. The number of aromatic nitrogens is 1. The van der Waals surface area contributed by atoms with Crippen LogP contribution in [0.3, 0.4) is 0 Å². The molecular formula is C24H28ClN3O3. The third-order valence-electron chi connectivity index (χ3n) is 5.90. The van der Waals surface area contributed by atoms with Gasteiger partial charge in [0.25, 0.3) is 0 Å². The first-order chi connectivity index (χ1) is 14.7. The summed E-state index contributed by atoms with van der Waals surface area (Å²) in [7, 11) is 0. The average Bonchev–Trinajstić information content (AvgIpc) is 2.91. The van der Waals surface area contributed by atoms with Gasteiger partial charge in [0.2, 0.25) is 5.91 Å². The van der Waals surface area contributed by atoms with Crippen LogP contribution in [-0.4, -0.2) is 47.0 Å². The second kappa shape index (κ2) is 8.24. The van der Waals surface area contributed by atoms with Gasteiger partial charge >= 0.3 is 5.97 Å². The number of pyridine rings is 1. The van der Waals surface area contributed by atoms with Gasteiger partial charge in [0.1, 0.15) is 17.3 Å². The molecule has 1 aromatic heterocycles. The molecule has 0 bridgehead atoms. The van der Waals surface area contributed by atoms with Gasteiger partial charge in [0.15, 0.2) is 0 Å². The number of ether oxygens (including phenoxy) is 1. The zero-order valence-corrected chi connectivity index (χ0v) is 19.0. The van der Waals surface area contributed by atoms with E-state index in [4.69, 9.17) is 16.3 Å². The van der Waals surface area contributed by atoms with Crippen LogP contribution in [0.5, 0.6) is 0 Å². The van der Waals surface area contributed by atoms with Gasteiger partial charge in [-0.05, 0) is 64.4 Å². The number of halogens is 1. The lowest BCUT2D eigenvalue weighted by Crippen LogP contribution is -2.49. The Balaban J connectivity index is 1.55. The van der Waals surface area contributed by atoms with E-state index in [2.05, 4.69) is 22.0 Å². The third kappa shape index (κ3) is 4.46. The molecule has 0 atom stereocenters. The highest BCUT2D eigenvalue weighted by Gasteiger charge is 2.54. The highest BCUT2D eigenvalue weighted by Crippen LogP contribution is 2.47. The minimum Gasteiger partial charge on any atom is -0.459 e. The number of benzene rings is 1. The SMILES string of the molecule is CC(C)(C)OC(=O)CN1C(=O)C2(CCN(Cc3ccccc3)CC2)c2nc(Cl)ccc21. The van der Waals surface area contributed by atoms with Crippen molar-refractivity contribution in [3.05, 3.63) is 58.9 Å². The molecule has 0 saturated carbocycles. The Labute approximate surface area is 188 Å². The maximum atomic E-state index is 13.6. The van der Waals surface area contributed by atoms with Crippen molar-refractivity contribution in [2.24, 2.45) is 0 Å². The van der Waals surface area contributed by atoms with Crippen molar-refractivity contribution in [1.82, 2.24) is 9.88 Å². The van der Waals surface area contributed by atoms with Gasteiger partial charge in [0.05, 0.1) is 16.8 Å². The van der Waals surface area contributed by atoms with Crippen LogP contribution in [0, 0.1) is 0 Å². The van der Waals surface area contributed by atoms with E-state index in [1.54, 1.807) is 12.1 Å². The number of carbonyl (C=O) groups is 2. The molecule has 0 unspecified atom stereocenters. The molecule has 31 heavy (non-hydrogen) atoms. The van der Waals surface area contributed by atoms with Crippen LogP contribution in [0.25, 0.3) is 0 Å². The van der Waals surface area contributed by atoms with Gasteiger partial charge in [0, 0.05) is 6.54 Å². The monoisotopic (exact) mass is 441 g/mol. The van der Waals surface area contributed by atoms with Gasteiger partial charge in [-0.3, -0.25) is 19.4 Å². The Morgan fingerprint density at radius 2 is 1.81 bits per heavy atom. The molecule has 7 heteroatoms. The fourth-order valence-electron chi connectivity index (χ4n) is 4.51. The molecule has 1 fully saturated rings. The van der Waals surface area contributed by atoms with Gasteiger partial charge in [-0.2, -0.15) is 0 Å². The number of nitrogens with zero attached hydrogens (tertiary/aromatic N) is 3. The predicted octanol–water partition coefficient (Wildman–Crippen LogP) is 3.96. The minimum absolute atomic E-state index is 0.0810. The number of likely N-dealkylation sites (tertiary alicyclic amines) is 1. The summed E-state index contributed by atoms with van der Waals surface area (Å²) in [4.78, 5) is 34.6. The molecule has 6 nitrogen and oxygen atoms in total. The Morgan fingerprint density at radius 3 is 2.45 bits per heavy atom. The summed E-state index contributed by atoms with van der Waals surface area (Å²) in [6, 6.07) is 13.8. The maximum absolute atomic E-state index is 13.6. The fourth-order valence-corrected chi connectivity index (χ4v) is 4.66. The summed E-state index contributed by atoms with van der Waals surface area (Å²) < 4.78 is 5.46. The highest BCUT2D eigenvalue weighted by molar-refractivity contribution is 6.29. The molecule has 0 radical (unpaired) electrons. The smallest absolute Gasteiger partial charge is 0.326 e. The van der Waals surface area contributed by atoms with E-state index in [1.165, 1.54) is 10.5 Å². The molecule has 0 aliphatic carbocycles. The largest absolute Gasteiger partial charge is 0.459 e. The summed E-state index contributed by atoms with van der Waals surface area (Å²) in [5, 5.41) is 0.358. The summed E-state index contributed by atoms with van der Waals surface area (Å²) in [6.07, 6.45) is 1.29. The summed E-state index contributed by atoms with van der Waals surface area (Å²) >= 11 is 6.21. The van der Waals surface area contributed by atoms with Crippen LogP contribution in [0.15, 0.2) is 42.5 Å². The van der Waals surface area contributed by atoms with Crippen LogP contribution in [0.2, 0.25) is 5.15 Å². The summed E-state index contributed by atoms with van der Waals surface area (Å²) in [5.74, 6) is -0.511. The van der Waals surface area contributed by atoms with E-state index < -0.39 is 17.0 Å². The second-order valence-corrected chi connectivity index (χ2v) is 9.71. The van der Waals surface area contributed by atoms with Crippen LogP contribution >= 0.6 is 11.6 Å². The molecule has 1 spiro atoms. The Morgan fingerprint density at radius 1 is 1.13 bits per heavy atom. The molecule has 1 amide bonds. The number of anilines is 1. The van der Waals surface area contributed by atoms with Gasteiger partial charge in [-0.25, -0.2) is 4.98 Å². The van der Waals surface area contributed by atoms with Gasteiger partial charge in [-0.15, -0.1) is 0 Å². The van der Waals surface area contributed by atoms with E-state index >= 15 is 0 Å². The number of esters is 1.